The molecule has 1 aliphatic rings. The molecule has 5 nitrogen and oxygen atoms in total. The van der Waals surface area contributed by atoms with Crippen molar-refractivity contribution < 1.29 is 17.6 Å². The van der Waals surface area contributed by atoms with Crippen molar-refractivity contribution in [1.29, 1.82) is 0 Å². The van der Waals surface area contributed by atoms with Crippen molar-refractivity contribution in [1.82, 2.24) is 4.31 Å². The number of rotatable bonds is 4. The summed E-state index contributed by atoms with van der Waals surface area (Å²) in [5.41, 5.74) is 1.60. The fraction of sp³-hybridized carbons (Fsp3) is 0.381. The van der Waals surface area contributed by atoms with E-state index in [-0.39, 0.29) is 17.4 Å². The zero-order valence-electron chi connectivity index (χ0n) is 16.3. The fourth-order valence-electron chi connectivity index (χ4n) is 3.69. The molecule has 0 aromatic heterocycles. The fourth-order valence-corrected chi connectivity index (χ4v) is 5.46. The van der Waals surface area contributed by atoms with E-state index in [1.165, 1.54) is 10.4 Å². The van der Waals surface area contributed by atoms with E-state index < -0.39 is 26.6 Å². The molecule has 28 heavy (non-hydrogen) atoms. The van der Waals surface area contributed by atoms with E-state index in [2.05, 4.69) is 5.32 Å². The second-order valence-electron chi connectivity index (χ2n) is 7.68. The zero-order chi connectivity index (χ0) is 20.5. The van der Waals surface area contributed by atoms with Crippen LogP contribution in [0, 0.1) is 24.6 Å². The molecular formula is C21H25FN2O3S. The van der Waals surface area contributed by atoms with Gasteiger partial charge in [0, 0.05) is 24.3 Å². The molecule has 1 heterocycles. The van der Waals surface area contributed by atoms with Gasteiger partial charge in [-0.15, -0.1) is 0 Å². The highest BCUT2D eigenvalue weighted by Crippen LogP contribution is 2.28. The topological polar surface area (TPSA) is 66.5 Å². The molecular weight excluding hydrogens is 379 g/mol. The Kier molecular flexibility index (Phi) is 5.86. The summed E-state index contributed by atoms with van der Waals surface area (Å²) in [6.07, 6.45) is 0.938. The van der Waals surface area contributed by atoms with Crippen LogP contribution in [0.2, 0.25) is 0 Å². The first-order chi connectivity index (χ1) is 13.2. The average molecular weight is 405 g/mol. The number of sulfonamides is 1. The molecule has 1 saturated heterocycles. The minimum Gasteiger partial charge on any atom is -0.322 e. The van der Waals surface area contributed by atoms with Crippen LogP contribution in [0.15, 0.2) is 47.4 Å². The summed E-state index contributed by atoms with van der Waals surface area (Å²) in [5, 5.41) is 2.75. The van der Waals surface area contributed by atoms with Gasteiger partial charge in [0.15, 0.2) is 0 Å². The van der Waals surface area contributed by atoms with Crippen LogP contribution in [0.5, 0.6) is 0 Å². The van der Waals surface area contributed by atoms with Crippen LogP contribution in [0.4, 0.5) is 10.1 Å². The van der Waals surface area contributed by atoms with Gasteiger partial charge in [-0.25, -0.2) is 12.8 Å². The van der Waals surface area contributed by atoms with Crippen LogP contribution in [0.25, 0.3) is 0 Å². The number of aryl methyl sites for hydroxylation is 1. The lowest BCUT2D eigenvalue weighted by atomic mass is 9.94. The monoisotopic (exact) mass is 404 g/mol. The van der Waals surface area contributed by atoms with Crippen molar-refractivity contribution in [3.8, 4) is 0 Å². The lowest BCUT2D eigenvalue weighted by Gasteiger charge is -2.34. The molecule has 2 aromatic rings. The number of nitrogens with zero attached hydrogens (tertiary/aromatic N) is 1. The van der Waals surface area contributed by atoms with Crippen LogP contribution in [0.1, 0.15) is 36.2 Å². The molecule has 2 aromatic carbocycles. The molecule has 7 heteroatoms. The van der Waals surface area contributed by atoms with Gasteiger partial charge in [0.1, 0.15) is 10.7 Å². The third-order valence-electron chi connectivity index (χ3n) is 5.04. The highest BCUT2D eigenvalue weighted by molar-refractivity contribution is 7.89. The number of hydrogen-bond donors (Lipinski definition) is 1. The van der Waals surface area contributed by atoms with Crippen molar-refractivity contribution >= 4 is 21.6 Å². The minimum absolute atomic E-state index is 0.0985. The number of carbonyl (C=O) groups is 1. The standard InChI is InChI=1S/C21H25FN2O3S/c1-14-10-15(2)13-24(12-14)28(26,27)20-11-17(8-9-18(20)22)21(25)23-19-7-5-4-6-16(19)3/h4-9,11,14-15H,10,12-13H2,1-3H3,(H,23,25). The Morgan fingerprint density at radius 3 is 2.39 bits per heavy atom. The molecule has 1 fully saturated rings. The predicted molar refractivity (Wildman–Crippen MR) is 107 cm³/mol. The van der Waals surface area contributed by atoms with Gasteiger partial charge in [0.2, 0.25) is 10.0 Å². The van der Waals surface area contributed by atoms with Crippen molar-refractivity contribution in [2.45, 2.75) is 32.1 Å². The molecule has 0 aliphatic carbocycles. The maximum Gasteiger partial charge on any atom is 0.255 e. The largest absolute Gasteiger partial charge is 0.322 e. The molecule has 0 bridgehead atoms. The van der Waals surface area contributed by atoms with Crippen LogP contribution < -0.4 is 5.32 Å². The number of para-hydroxylation sites is 1. The van der Waals surface area contributed by atoms with Gasteiger partial charge in [-0.1, -0.05) is 32.0 Å². The predicted octanol–water partition coefficient (Wildman–Crippen LogP) is 4.05. The highest BCUT2D eigenvalue weighted by atomic mass is 32.2. The second-order valence-corrected chi connectivity index (χ2v) is 9.59. The summed E-state index contributed by atoms with van der Waals surface area (Å²) < 4.78 is 41.8. The van der Waals surface area contributed by atoms with E-state index in [9.17, 15) is 17.6 Å². The number of anilines is 1. The van der Waals surface area contributed by atoms with Gasteiger partial charge in [-0.3, -0.25) is 4.79 Å². The molecule has 2 atom stereocenters. The van der Waals surface area contributed by atoms with Gasteiger partial charge in [0.25, 0.3) is 5.91 Å². The van der Waals surface area contributed by atoms with E-state index >= 15 is 0 Å². The first kappa shape index (κ1) is 20.5. The Balaban J connectivity index is 1.91. The molecule has 2 unspecified atom stereocenters. The lowest BCUT2D eigenvalue weighted by molar-refractivity contribution is 0.102. The normalized spacial score (nSPS) is 20.7. The Morgan fingerprint density at radius 2 is 1.75 bits per heavy atom. The van der Waals surface area contributed by atoms with Crippen molar-refractivity contribution in [3.05, 3.63) is 59.4 Å². The van der Waals surface area contributed by atoms with Gasteiger partial charge in [-0.05, 0) is 55.0 Å². The summed E-state index contributed by atoms with van der Waals surface area (Å²) in [5.74, 6) is -0.923. The number of nitrogens with one attached hydrogen (secondary N) is 1. The Bertz CT molecular complexity index is 981. The summed E-state index contributed by atoms with van der Waals surface area (Å²) in [7, 11) is -4.02. The molecule has 150 valence electrons. The Labute approximate surface area is 165 Å². The SMILES string of the molecule is Cc1ccccc1NC(=O)c1ccc(F)c(S(=O)(=O)N2CC(C)CC(C)C2)c1. The summed E-state index contributed by atoms with van der Waals surface area (Å²) >= 11 is 0. The van der Waals surface area contributed by atoms with Crippen LogP contribution in [-0.4, -0.2) is 31.7 Å². The zero-order valence-corrected chi connectivity index (χ0v) is 17.1. The number of benzene rings is 2. The number of halogens is 1. The molecule has 1 amide bonds. The van der Waals surface area contributed by atoms with Crippen LogP contribution in [0.3, 0.4) is 0 Å². The minimum atomic E-state index is -4.02. The molecule has 1 aliphatic heterocycles. The second kappa shape index (κ2) is 8.01. The third-order valence-corrected chi connectivity index (χ3v) is 6.89. The maximum absolute atomic E-state index is 14.4. The van der Waals surface area contributed by atoms with Crippen LogP contribution >= 0.6 is 0 Å². The summed E-state index contributed by atoms with van der Waals surface area (Å²) in [6.45, 7) is 6.54. The highest BCUT2D eigenvalue weighted by Gasteiger charge is 2.33. The maximum atomic E-state index is 14.4. The van der Waals surface area contributed by atoms with E-state index in [0.29, 0.717) is 18.8 Å². The van der Waals surface area contributed by atoms with E-state index in [1.807, 2.05) is 32.9 Å². The average Bonchev–Trinajstić information content (AvgIpc) is 2.63. The summed E-state index contributed by atoms with van der Waals surface area (Å²) in [6, 6.07) is 10.7. The third kappa shape index (κ3) is 4.25. The van der Waals surface area contributed by atoms with Crippen molar-refractivity contribution in [2.24, 2.45) is 11.8 Å². The molecule has 0 saturated carbocycles. The van der Waals surface area contributed by atoms with Gasteiger partial charge >= 0.3 is 0 Å². The molecule has 1 N–H and O–H groups in total. The molecule has 0 spiro atoms. The van der Waals surface area contributed by atoms with E-state index in [4.69, 9.17) is 0 Å². The number of amides is 1. The summed E-state index contributed by atoms with van der Waals surface area (Å²) in [4.78, 5) is 12.1. The number of hydrogen-bond acceptors (Lipinski definition) is 3. The van der Waals surface area contributed by atoms with Crippen LogP contribution in [-0.2, 0) is 10.0 Å². The van der Waals surface area contributed by atoms with Gasteiger partial charge in [-0.2, -0.15) is 4.31 Å². The quantitative estimate of drug-likeness (QED) is 0.836. The number of piperidine rings is 1. The van der Waals surface area contributed by atoms with Crippen molar-refractivity contribution in [3.63, 3.8) is 0 Å². The first-order valence-electron chi connectivity index (χ1n) is 9.35. The van der Waals surface area contributed by atoms with Crippen molar-refractivity contribution in [2.75, 3.05) is 18.4 Å². The first-order valence-corrected chi connectivity index (χ1v) is 10.8. The molecule has 3 rings (SSSR count). The van der Waals surface area contributed by atoms with Gasteiger partial charge < -0.3 is 5.32 Å². The lowest BCUT2D eigenvalue weighted by Crippen LogP contribution is -2.42. The Hall–Kier alpha value is -2.25. The molecule has 0 radical (unpaired) electrons. The number of carbonyl (C=O) groups excluding carboxylic acids is 1. The van der Waals surface area contributed by atoms with Gasteiger partial charge in [0.05, 0.1) is 0 Å². The smallest absolute Gasteiger partial charge is 0.255 e. The Morgan fingerprint density at radius 1 is 1.11 bits per heavy atom. The van der Waals surface area contributed by atoms with E-state index in [1.54, 1.807) is 12.1 Å². The van der Waals surface area contributed by atoms with E-state index in [0.717, 1.165) is 24.1 Å².